The van der Waals surface area contributed by atoms with Crippen LogP contribution in [0.2, 0.25) is 0 Å². The normalized spacial score (nSPS) is 12.0. The summed E-state index contributed by atoms with van der Waals surface area (Å²) in [4.78, 5) is 4.37. The third kappa shape index (κ3) is 5.82. The fourth-order valence-electron chi connectivity index (χ4n) is 1.21. The van der Waals surface area contributed by atoms with Crippen molar-refractivity contribution in [1.29, 1.82) is 0 Å². The molecule has 0 aliphatic rings. The lowest BCUT2D eigenvalue weighted by molar-refractivity contribution is -0.00938. The Labute approximate surface area is 112 Å². The van der Waals surface area contributed by atoms with Gasteiger partial charge in [-0.3, -0.25) is 0 Å². The van der Waals surface area contributed by atoms with E-state index in [0.29, 0.717) is 19.1 Å². The van der Waals surface area contributed by atoms with Crippen molar-refractivity contribution >= 4 is 22.9 Å². The van der Waals surface area contributed by atoms with E-state index in [2.05, 4.69) is 18.8 Å². The number of thiazole rings is 1. The number of hydrogen-bond donors (Lipinski definition) is 0. The lowest BCUT2D eigenvalue weighted by Crippen LogP contribution is -2.24. The van der Waals surface area contributed by atoms with E-state index in [1.165, 1.54) is 0 Å². The molecular formula is C12H20ClNO2S. The quantitative estimate of drug-likeness (QED) is 0.540. The predicted octanol–water partition coefficient (Wildman–Crippen LogP) is 3.26. The van der Waals surface area contributed by atoms with Gasteiger partial charge in [-0.15, -0.1) is 22.9 Å². The molecule has 1 aromatic heterocycles. The number of ether oxygens (including phenoxy) is 2. The molecule has 98 valence electrons. The van der Waals surface area contributed by atoms with Crippen LogP contribution in [-0.4, -0.2) is 30.9 Å². The SMILES string of the molecule is COC(C)(C)CCOCCc1nc(CCl)cs1. The van der Waals surface area contributed by atoms with E-state index in [4.69, 9.17) is 21.1 Å². The smallest absolute Gasteiger partial charge is 0.0951 e. The summed E-state index contributed by atoms with van der Waals surface area (Å²) in [6.07, 6.45) is 1.75. The molecule has 0 aliphatic carbocycles. The van der Waals surface area contributed by atoms with E-state index < -0.39 is 0 Å². The van der Waals surface area contributed by atoms with Gasteiger partial charge in [-0.1, -0.05) is 0 Å². The van der Waals surface area contributed by atoms with Gasteiger partial charge in [0, 0.05) is 25.5 Å². The number of methoxy groups -OCH3 is 1. The molecule has 0 saturated carbocycles. The summed E-state index contributed by atoms with van der Waals surface area (Å²) in [7, 11) is 1.73. The van der Waals surface area contributed by atoms with E-state index in [9.17, 15) is 0 Å². The molecule has 17 heavy (non-hydrogen) atoms. The number of nitrogens with zero attached hydrogens (tertiary/aromatic N) is 1. The van der Waals surface area contributed by atoms with Gasteiger partial charge in [0.15, 0.2) is 0 Å². The molecule has 0 fully saturated rings. The first-order valence-electron chi connectivity index (χ1n) is 5.69. The number of hydrogen-bond acceptors (Lipinski definition) is 4. The van der Waals surface area contributed by atoms with Gasteiger partial charge in [-0.05, 0) is 20.3 Å². The van der Waals surface area contributed by atoms with Crippen molar-refractivity contribution in [3.8, 4) is 0 Å². The average Bonchev–Trinajstić information content (AvgIpc) is 2.76. The van der Waals surface area contributed by atoms with E-state index in [1.807, 2.05) is 5.38 Å². The summed E-state index contributed by atoms with van der Waals surface area (Å²) in [6.45, 7) is 5.54. The lowest BCUT2D eigenvalue weighted by atomic mass is 10.1. The van der Waals surface area contributed by atoms with Gasteiger partial charge in [-0.2, -0.15) is 0 Å². The van der Waals surface area contributed by atoms with Gasteiger partial charge in [0.25, 0.3) is 0 Å². The van der Waals surface area contributed by atoms with Gasteiger partial charge in [-0.25, -0.2) is 4.98 Å². The monoisotopic (exact) mass is 277 g/mol. The maximum absolute atomic E-state index is 5.69. The van der Waals surface area contributed by atoms with Crippen LogP contribution in [0.4, 0.5) is 0 Å². The second-order valence-electron chi connectivity index (χ2n) is 4.44. The fourth-order valence-corrected chi connectivity index (χ4v) is 2.21. The van der Waals surface area contributed by atoms with E-state index >= 15 is 0 Å². The Morgan fingerprint density at radius 2 is 2.18 bits per heavy atom. The van der Waals surface area contributed by atoms with Crippen molar-refractivity contribution in [2.45, 2.75) is 38.2 Å². The summed E-state index contributed by atoms with van der Waals surface area (Å²) in [6, 6.07) is 0. The van der Waals surface area contributed by atoms with Crippen molar-refractivity contribution in [2.24, 2.45) is 0 Å². The molecule has 0 bridgehead atoms. The zero-order chi connectivity index (χ0) is 12.7. The van der Waals surface area contributed by atoms with Crippen molar-refractivity contribution in [1.82, 2.24) is 4.98 Å². The molecule has 0 N–H and O–H groups in total. The van der Waals surface area contributed by atoms with Gasteiger partial charge in [0.1, 0.15) is 0 Å². The highest BCUT2D eigenvalue weighted by molar-refractivity contribution is 7.09. The highest BCUT2D eigenvalue weighted by atomic mass is 35.5. The Kier molecular flexibility index (Phi) is 6.41. The number of alkyl halides is 1. The van der Waals surface area contributed by atoms with E-state index in [0.717, 1.165) is 23.5 Å². The zero-order valence-electron chi connectivity index (χ0n) is 10.7. The van der Waals surface area contributed by atoms with Crippen molar-refractivity contribution < 1.29 is 9.47 Å². The fraction of sp³-hybridized carbons (Fsp3) is 0.750. The lowest BCUT2D eigenvalue weighted by Gasteiger charge is -2.22. The van der Waals surface area contributed by atoms with Gasteiger partial charge >= 0.3 is 0 Å². The molecule has 3 nitrogen and oxygen atoms in total. The maximum atomic E-state index is 5.69. The first-order chi connectivity index (χ1) is 8.07. The van der Waals surface area contributed by atoms with E-state index in [-0.39, 0.29) is 5.60 Å². The molecule has 5 heteroatoms. The zero-order valence-corrected chi connectivity index (χ0v) is 12.2. The molecule has 0 radical (unpaired) electrons. The van der Waals surface area contributed by atoms with Crippen LogP contribution in [0.25, 0.3) is 0 Å². The topological polar surface area (TPSA) is 31.4 Å². The highest BCUT2D eigenvalue weighted by Gasteiger charge is 2.15. The second kappa shape index (κ2) is 7.31. The summed E-state index contributed by atoms with van der Waals surface area (Å²) in [5.74, 6) is 0.486. The Balaban J connectivity index is 2.12. The molecule has 1 rings (SSSR count). The van der Waals surface area contributed by atoms with Crippen LogP contribution < -0.4 is 0 Å². The second-order valence-corrected chi connectivity index (χ2v) is 5.65. The van der Waals surface area contributed by atoms with Crippen molar-refractivity contribution in [3.63, 3.8) is 0 Å². The average molecular weight is 278 g/mol. The molecular weight excluding hydrogens is 258 g/mol. The van der Waals surface area contributed by atoms with Gasteiger partial charge in [0.2, 0.25) is 0 Å². The molecule has 0 spiro atoms. The van der Waals surface area contributed by atoms with Crippen LogP contribution in [-0.2, 0) is 21.8 Å². The Morgan fingerprint density at radius 3 is 2.76 bits per heavy atom. The van der Waals surface area contributed by atoms with Crippen LogP contribution in [0.3, 0.4) is 0 Å². The van der Waals surface area contributed by atoms with Crippen LogP contribution in [0.15, 0.2) is 5.38 Å². The first-order valence-corrected chi connectivity index (χ1v) is 7.11. The number of halogens is 1. The molecule has 0 aliphatic heterocycles. The van der Waals surface area contributed by atoms with Gasteiger partial charge in [0.05, 0.1) is 28.8 Å². The molecule has 0 atom stereocenters. The van der Waals surface area contributed by atoms with Crippen LogP contribution in [0, 0.1) is 0 Å². The van der Waals surface area contributed by atoms with Crippen molar-refractivity contribution in [2.75, 3.05) is 20.3 Å². The number of aromatic nitrogens is 1. The number of rotatable bonds is 8. The molecule has 0 saturated heterocycles. The third-order valence-corrected chi connectivity index (χ3v) is 3.83. The molecule has 1 heterocycles. The minimum absolute atomic E-state index is 0.104. The Bertz CT molecular complexity index is 328. The summed E-state index contributed by atoms with van der Waals surface area (Å²) in [5, 5.41) is 3.09. The maximum Gasteiger partial charge on any atom is 0.0951 e. The first kappa shape index (κ1) is 14.9. The standard InChI is InChI=1S/C12H20ClNO2S/c1-12(2,15-3)5-7-16-6-4-11-14-10(8-13)9-17-11/h9H,4-8H2,1-3H3. The summed E-state index contributed by atoms with van der Waals surface area (Å²) < 4.78 is 10.9. The summed E-state index contributed by atoms with van der Waals surface area (Å²) >= 11 is 7.33. The molecule has 1 aromatic rings. The minimum Gasteiger partial charge on any atom is -0.381 e. The predicted molar refractivity (Wildman–Crippen MR) is 71.9 cm³/mol. The minimum atomic E-state index is -0.104. The third-order valence-electron chi connectivity index (χ3n) is 2.60. The Hall–Kier alpha value is -0.160. The molecule has 0 unspecified atom stereocenters. The molecule has 0 amide bonds. The van der Waals surface area contributed by atoms with Gasteiger partial charge < -0.3 is 9.47 Å². The molecule has 0 aromatic carbocycles. The van der Waals surface area contributed by atoms with E-state index in [1.54, 1.807) is 18.4 Å². The van der Waals surface area contributed by atoms with Crippen LogP contribution in [0.1, 0.15) is 31.0 Å². The Morgan fingerprint density at radius 1 is 1.41 bits per heavy atom. The largest absolute Gasteiger partial charge is 0.381 e. The van der Waals surface area contributed by atoms with Crippen molar-refractivity contribution in [3.05, 3.63) is 16.1 Å². The highest BCUT2D eigenvalue weighted by Crippen LogP contribution is 2.14. The van der Waals surface area contributed by atoms with Crippen LogP contribution >= 0.6 is 22.9 Å². The summed E-state index contributed by atoms with van der Waals surface area (Å²) in [5.41, 5.74) is 0.847. The van der Waals surface area contributed by atoms with Crippen LogP contribution in [0.5, 0.6) is 0 Å².